The van der Waals surface area contributed by atoms with Crippen molar-refractivity contribution in [3.63, 3.8) is 0 Å². The van der Waals surface area contributed by atoms with Gasteiger partial charge in [0.2, 0.25) is 0 Å². The van der Waals surface area contributed by atoms with Crippen LogP contribution < -0.4 is 0 Å². The van der Waals surface area contributed by atoms with Crippen molar-refractivity contribution in [2.24, 2.45) is 5.41 Å². The summed E-state index contributed by atoms with van der Waals surface area (Å²) < 4.78 is 0. The topological polar surface area (TPSA) is 20.2 Å². The van der Waals surface area contributed by atoms with E-state index in [0.717, 1.165) is 5.75 Å². The Labute approximate surface area is 143 Å². The van der Waals surface area contributed by atoms with Crippen LogP contribution in [-0.4, -0.2) is 17.0 Å². The summed E-state index contributed by atoms with van der Waals surface area (Å²) in [7, 11) is 0. The monoisotopic (exact) mass is 324 g/mol. The predicted octanol–water partition coefficient (Wildman–Crippen LogP) is 5.24. The van der Waals surface area contributed by atoms with Gasteiger partial charge < -0.3 is 5.11 Å². The molecule has 2 aliphatic rings. The normalized spacial score (nSPS) is 26.5. The molecule has 2 atom stereocenters. The molecule has 1 fully saturated rings. The number of rotatable bonds is 1. The number of hydrogen-bond donors (Lipinski definition) is 1. The van der Waals surface area contributed by atoms with Crippen molar-refractivity contribution in [3.8, 4) is 0 Å². The van der Waals surface area contributed by atoms with E-state index >= 15 is 0 Å². The van der Waals surface area contributed by atoms with Crippen LogP contribution in [-0.2, 0) is 0 Å². The molecule has 1 N–H and O–H groups in total. The van der Waals surface area contributed by atoms with Crippen molar-refractivity contribution >= 4 is 11.8 Å². The fourth-order valence-corrected chi connectivity index (χ4v) is 5.86. The highest BCUT2D eigenvalue weighted by molar-refractivity contribution is 7.99. The number of aliphatic hydroxyl groups is 1. The second kappa shape index (κ2) is 6.33. The van der Waals surface area contributed by atoms with E-state index in [4.69, 9.17) is 0 Å². The van der Waals surface area contributed by atoms with E-state index in [0.29, 0.717) is 0 Å². The first-order valence-corrected chi connectivity index (χ1v) is 9.73. The van der Waals surface area contributed by atoms with E-state index in [-0.39, 0.29) is 17.4 Å². The van der Waals surface area contributed by atoms with Gasteiger partial charge in [-0.05, 0) is 30.0 Å². The number of aliphatic hydroxyl groups excluding tert-OH is 1. The van der Waals surface area contributed by atoms with Crippen molar-refractivity contribution < 1.29 is 5.11 Å². The van der Waals surface area contributed by atoms with E-state index < -0.39 is 0 Å². The molecule has 1 spiro atoms. The average Bonchev–Trinajstić information content (AvgIpc) is 2.73. The van der Waals surface area contributed by atoms with Gasteiger partial charge in [0.1, 0.15) is 0 Å². The summed E-state index contributed by atoms with van der Waals surface area (Å²) in [6, 6.07) is 19.3. The molecule has 0 radical (unpaired) electrons. The van der Waals surface area contributed by atoms with Crippen LogP contribution in [0, 0.1) is 5.41 Å². The van der Waals surface area contributed by atoms with Gasteiger partial charge in [-0.1, -0.05) is 67.8 Å². The summed E-state index contributed by atoms with van der Waals surface area (Å²) in [6.07, 6.45) is 5.88. The summed E-state index contributed by atoms with van der Waals surface area (Å²) in [5.41, 5.74) is 2.63. The van der Waals surface area contributed by atoms with Crippen molar-refractivity contribution in [1.29, 1.82) is 0 Å². The zero-order valence-electron chi connectivity index (χ0n) is 13.4. The second-order valence-electron chi connectivity index (χ2n) is 7.08. The first-order valence-electron chi connectivity index (χ1n) is 8.75. The maximum Gasteiger partial charge on any atom is 0.0713 e. The van der Waals surface area contributed by atoms with Crippen LogP contribution in [0.3, 0.4) is 0 Å². The summed E-state index contributed by atoms with van der Waals surface area (Å²) in [5.74, 6) is 1.15. The molecule has 0 amide bonds. The molecular formula is C21H24OS. The van der Waals surface area contributed by atoms with E-state index in [1.807, 2.05) is 11.8 Å². The molecule has 2 aromatic carbocycles. The Hall–Kier alpha value is -1.25. The Balaban J connectivity index is 1.83. The van der Waals surface area contributed by atoms with Crippen LogP contribution in [0.4, 0.5) is 0 Å². The third-order valence-corrected chi connectivity index (χ3v) is 7.12. The van der Waals surface area contributed by atoms with Gasteiger partial charge in [-0.2, -0.15) is 0 Å². The Morgan fingerprint density at radius 1 is 0.870 bits per heavy atom. The number of hydrogen-bond acceptors (Lipinski definition) is 2. The lowest BCUT2D eigenvalue weighted by Crippen LogP contribution is -2.42. The molecule has 1 nitrogen and oxygen atoms in total. The largest absolute Gasteiger partial charge is 0.392 e. The van der Waals surface area contributed by atoms with E-state index in [2.05, 4.69) is 54.6 Å². The molecule has 2 aromatic rings. The number of fused-ring (bicyclic) bond motifs is 1. The zero-order valence-corrected chi connectivity index (χ0v) is 14.3. The first-order chi connectivity index (χ1) is 11.3. The molecule has 4 rings (SSSR count). The molecule has 23 heavy (non-hydrogen) atoms. The molecular weight excluding hydrogens is 300 g/mol. The van der Waals surface area contributed by atoms with Crippen LogP contribution in [0.15, 0.2) is 59.5 Å². The number of benzene rings is 2. The van der Waals surface area contributed by atoms with Crippen LogP contribution in [0.5, 0.6) is 0 Å². The Kier molecular flexibility index (Phi) is 4.21. The summed E-state index contributed by atoms with van der Waals surface area (Å²) >= 11 is 1.96. The second-order valence-corrected chi connectivity index (χ2v) is 8.10. The van der Waals surface area contributed by atoms with E-state index in [1.54, 1.807) is 0 Å². The molecule has 0 unspecified atom stereocenters. The van der Waals surface area contributed by atoms with Crippen molar-refractivity contribution in [1.82, 2.24) is 0 Å². The zero-order chi connectivity index (χ0) is 15.7. The summed E-state index contributed by atoms with van der Waals surface area (Å²) in [5, 5.41) is 11.5. The van der Waals surface area contributed by atoms with Gasteiger partial charge in [0, 0.05) is 22.0 Å². The molecule has 1 heterocycles. The highest BCUT2D eigenvalue weighted by Crippen LogP contribution is 2.52. The minimum Gasteiger partial charge on any atom is -0.392 e. The van der Waals surface area contributed by atoms with E-state index in [1.165, 1.54) is 48.1 Å². The molecule has 0 bridgehead atoms. The van der Waals surface area contributed by atoms with Gasteiger partial charge in [-0.25, -0.2) is 0 Å². The standard InChI is InChI=1S/C21H24OS/c22-20-19(16-9-3-1-4-10-16)17-11-5-6-12-18(17)23-15-21(20)13-7-2-8-14-21/h1,3-6,9-12,19-20,22H,2,7-8,13-15H2/t19-,20+/m0/s1. The van der Waals surface area contributed by atoms with Crippen LogP contribution in [0.2, 0.25) is 0 Å². The molecule has 120 valence electrons. The lowest BCUT2D eigenvalue weighted by atomic mass is 9.66. The van der Waals surface area contributed by atoms with Gasteiger partial charge in [0.05, 0.1) is 6.10 Å². The van der Waals surface area contributed by atoms with Gasteiger partial charge >= 0.3 is 0 Å². The lowest BCUT2D eigenvalue weighted by Gasteiger charge is -2.42. The van der Waals surface area contributed by atoms with Gasteiger partial charge in [0.15, 0.2) is 0 Å². The molecule has 1 aliphatic carbocycles. The van der Waals surface area contributed by atoms with Crippen LogP contribution in [0.1, 0.15) is 49.1 Å². The molecule has 0 aromatic heterocycles. The summed E-state index contributed by atoms with van der Waals surface area (Å²) in [4.78, 5) is 1.35. The smallest absolute Gasteiger partial charge is 0.0713 e. The Morgan fingerprint density at radius 3 is 2.35 bits per heavy atom. The van der Waals surface area contributed by atoms with Crippen LogP contribution in [0.25, 0.3) is 0 Å². The van der Waals surface area contributed by atoms with Crippen molar-refractivity contribution in [2.45, 2.75) is 49.0 Å². The highest BCUT2D eigenvalue weighted by atomic mass is 32.2. The first kappa shape index (κ1) is 15.3. The maximum atomic E-state index is 11.5. The molecule has 2 heteroatoms. The lowest BCUT2D eigenvalue weighted by molar-refractivity contribution is 0.00326. The Bertz CT molecular complexity index is 661. The molecule has 0 saturated heterocycles. The number of thioether (sulfide) groups is 1. The van der Waals surface area contributed by atoms with Gasteiger partial charge in [-0.3, -0.25) is 0 Å². The molecule has 1 aliphatic heterocycles. The van der Waals surface area contributed by atoms with Gasteiger partial charge in [-0.15, -0.1) is 11.8 Å². The highest BCUT2D eigenvalue weighted by Gasteiger charge is 2.46. The fourth-order valence-electron chi connectivity index (χ4n) is 4.42. The minimum atomic E-state index is -0.290. The van der Waals surface area contributed by atoms with Gasteiger partial charge in [0.25, 0.3) is 0 Å². The third kappa shape index (κ3) is 2.72. The predicted molar refractivity (Wildman–Crippen MR) is 97.0 cm³/mol. The maximum absolute atomic E-state index is 11.5. The fraction of sp³-hybridized carbons (Fsp3) is 0.429. The minimum absolute atomic E-state index is 0.0719. The van der Waals surface area contributed by atoms with Crippen molar-refractivity contribution in [3.05, 3.63) is 65.7 Å². The van der Waals surface area contributed by atoms with Crippen molar-refractivity contribution in [2.75, 3.05) is 5.75 Å². The summed E-state index contributed by atoms with van der Waals surface area (Å²) in [6.45, 7) is 0. The van der Waals surface area contributed by atoms with E-state index in [9.17, 15) is 5.11 Å². The average molecular weight is 324 g/mol. The third-order valence-electron chi connectivity index (χ3n) is 5.72. The SMILES string of the molecule is O[C@@H]1[C@@H](c2ccccc2)c2ccccc2SCC12CCCCC2. The molecule has 1 saturated carbocycles. The quantitative estimate of drug-likeness (QED) is 0.774. The van der Waals surface area contributed by atoms with Crippen LogP contribution >= 0.6 is 11.8 Å². The Morgan fingerprint density at radius 2 is 1.57 bits per heavy atom.